The van der Waals surface area contributed by atoms with Gasteiger partial charge in [0, 0.05) is 25.9 Å². The van der Waals surface area contributed by atoms with Crippen LogP contribution >= 0.6 is 11.8 Å². The molecule has 0 aliphatic carbocycles. The van der Waals surface area contributed by atoms with Crippen molar-refractivity contribution in [2.45, 2.75) is 50.2 Å². The van der Waals surface area contributed by atoms with Crippen molar-refractivity contribution >= 4 is 28.9 Å². The number of unbranched alkanes of at least 4 members (excludes halogenated alkanes) is 2. The number of rotatable bonds is 9. The lowest BCUT2D eigenvalue weighted by Crippen LogP contribution is -2.35. The fourth-order valence-electron chi connectivity index (χ4n) is 3.51. The fraction of sp³-hybridized carbons (Fsp3) is 0.571. The predicted molar refractivity (Wildman–Crippen MR) is 115 cm³/mol. The first-order valence-corrected chi connectivity index (χ1v) is 11.0. The van der Waals surface area contributed by atoms with Crippen LogP contribution in [0.4, 0.5) is 0 Å². The van der Waals surface area contributed by atoms with Gasteiger partial charge in [0.2, 0.25) is 0 Å². The Bertz CT molecular complexity index is 811. The Hall–Kier alpha value is -1.66. The summed E-state index contributed by atoms with van der Waals surface area (Å²) < 4.78 is 1.90. The molecule has 1 fully saturated rings. The highest BCUT2D eigenvalue weighted by Gasteiger charge is 2.14. The third-order valence-electron chi connectivity index (χ3n) is 5.06. The molecule has 0 bridgehead atoms. The van der Waals surface area contributed by atoms with Crippen LogP contribution in [0.15, 0.2) is 39.2 Å². The van der Waals surface area contributed by atoms with E-state index < -0.39 is 0 Å². The van der Waals surface area contributed by atoms with E-state index >= 15 is 0 Å². The Labute approximate surface area is 165 Å². The summed E-state index contributed by atoms with van der Waals surface area (Å²) >= 11 is 1.71. The topological polar surface area (TPSA) is 50.5 Å². The van der Waals surface area contributed by atoms with E-state index in [9.17, 15) is 4.79 Å². The Morgan fingerprint density at radius 2 is 1.96 bits per heavy atom. The molecule has 2 aromatic rings. The maximum absolute atomic E-state index is 13.1. The minimum absolute atomic E-state index is 0.0956. The molecule has 0 amide bonds. The molecule has 0 unspecified atom stereocenters. The molecule has 0 spiro atoms. The van der Waals surface area contributed by atoms with Gasteiger partial charge in [-0.25, -0.2) is 4.98 Å². The maximum atomic E-state index is 13.1. The van der Waals surface area contributed by atoms with Crippen LogP contribution in [-0.2, 0) is 6.54 Å². The van der Waals surface area contributed by atoms with Crippen LogP contribution in [0.1, 0.15) is 38.5 Å². The van der Waals surface area contributed by atoms with Gasteiger partial charge >= 0.3 is 0 Å². The lowest BCUT2D eigenvalue weighted by molar-refractivity contribution is 0.217. The van der Waals surface area contributed by atoms with Gasteiger partial charge in [-0.3, -0.25) is 9.36 Å². The van der Waals surface area contributed by atoms with Gasteiger partial charge in [-0.1, -0.05) is 30.3 Å². The number of benzene rings is 1. The van der Waals surface area contributed by atoms with Crippen LogP contribution in [0.2, 0.25) is 0 Å². The van der Waals surface area contributed by atoms with Crippen LogP contribution in [0.5, 0.6) is 0 Å². The van der Waals surface area contributed by atoms with Crippen LogP contribution in [0.25, 0.3) is 10.9 Å². The number of para-hydroxylation sites is 1. The summed E-state index contributed by atoms with van der Waals surface area (Å²) in [4.78, 5) is 24.4. The lowest BCUT2D eigenvalue weighted by Gasteiger charge is -2.27. The van der Waals surface area contributed by atoms with Gasteiger partial charge in [-0.15, -0.1) is 0 Å². The van der Waals surface area contributed by atoms with Crippen LogP contribution < -0.4 is 5.56 Å². The van der Waals surface area contributed by atoms with Crippen molar-refractivity contribution in [2.24, 2.45) is 4.99 Å². The lowest BCUT2D eigenvalue weighted by atomic mass is 10.1. The first-order valence-electron chi connectivity index (χ1n) is 10.0. The summed E-state index contributed by atoms with van der Waals surface area (Å²) in [5.41, 5.74) is 0.899. The number of aliphatic imine (C=N–C) groups is 1. The second kappa shape index (κ2) is 10.6. The zero-order valence-corrected chi connectivity index (χ0v) is 17.1. The monoisotopic (exact) mass is 386 g/mol. The van der Waals surface area contributed by atoms with E-state index in [1.54, 1.807) is 11.8 Å². The van der Waals surface area contributed by atoms with Gasteiger partial charge in [0.25, 0.3) is 5.56 Å². The molecule has 2 heterocycles. The van der Waals surface area contributed by atoms with Gasteiger partial charge in [-0.2, -0.15) is 0 Å². The highest BCUT2D eigenvalue weighted by molar-refractivity contribution is 7.99. The summed E-state index contributed by atoms with van der Waals surface area (Å²) in [7, 11) is 1.81. The van der Waals surface area contributed by atoms with E-state index in [1.807, 2.05) is 42.1 Å². The summed E-state index contributed by atoms with van der Waals surface area (Å²) in [5.74, 6) is 0.978. The average Bonchev–Trinajstić information content (AvgIpc) is 2.71. The van der Waals surface area contributed by atoms with Crippen molar-refractivity contribution in [3.63, 3.8) is 0 Å². The molecule has 0 radical (unpaired) electrons. The van der Waals surface area contributed by atoms with Crippen molar-refractivity contribution in [1.29, 1.82) is 0 Å². The minimum Gasteiger partial charge on any atom is -0.302 e. The first-order chi connectivity index (χ1) is 13.3. The molecular formula is C21H30N4OS. The normalized spacial score (nSPS) is 15.7. The van der Waals surface area contributed by atoms with Gasteiger partial charge in [0.05, 0.1) is 10.9 Å². The number of nitrogens with zero attached hydrogens (tertiary/aromatic N) is 4. The van der Waals surface area contributed by atoms with Gasteiger partial charge in [0.1, 0.15) is 0 Å². The second-order valence-corrected chi connectivity index (χ2v) is 8.12. The van der Waals surface area contributed by atoms with Gasteiger partial charge in [0.15, 0.2) is 5.16 Å². The average molecular weight is 387 g/mol. The quantitative estimate of drug-likeness (QED) is 0.284. The van der Waals surface area contributed by atoms with E-state index in [0.29, 0.717) is 0 Å². The molecule has 146 valence electrons. The largest absolute Gasteiger partial charge is 0.302 e. The van der Waals surface area contributed by atoms with Crippen molar-refractivity contribution in [1.82, 2.24) is 14.5 Å². The number of thioether (sulfide) groups is 1. The van der Waals surface area contributed by atoms with Gasteiger partial charge in [-0.05, 0) is 63.5 Å². The molecule has 1 aromatic heterocycles. The summed E-state index contributed by atoms with van der Waals surface area (Å²) in [6, 6.07) is 7.70. The number of fused-ring (bicyclic) bond motifs is 1. The molecule has 27 heavy (non-hydrogen) atoms. The summed E-state index contributed by atoms with van der Waals surface area (Å²) in [6.07, 6.45) is 9.08. The van der Waals surface area contributed by atoms with E-state index in [-0.39, 0.29) is 5.56 Å². The van der Waals surface area contributed by atoms with E-state index in [1.165, 1.54) is 19.3 Å². The molecule has 0 atom stereocenters. The molecule has 1 aromatic carbocycles. The Morgan fingerprint density at radius 3 is 2.78 bits per heavy atom. The fourth-order valence-corrected chi connectivity index (χ4v) is 4.53. The van der Waals surface area contributed by atoms with E-state index in [4.69, 9.17) is 4.98 Å². The van der Waals surface area contributed by atoms with E-state index in [0.717, 1.165) is 67.3 Å². The minimum atomic E-state index is 0.0956. The Balaban J connectivity index is 1.73. The van der Waals surface area contributed by atoms with Crippen LogP contribution in [0.3, 0.4) is 0 Å². The van der Waals surface area contributed by atoms with Crippen LogP contribution in [0, 0.1) is 0 Å². The number of aromatic nitrogens is 2. The highest BCUT2D eigenvalue weighted by atomic mass is 32.2. The zero-order chi connectivity index (χ0) is 18.9. The standard InChI is InChI=1S/C21H30N4OS/c1-22-12-6-2-9-17-27-21-23-19-11-5-4-10-18(19)20(26)25(21)16-15-24-13-7-3-8-14-24/h4-5,10-12H,2-3,6-9,13-17H2,1H3/b22-12+. The predicted octanol–water partition coefficient (Wildman–Crippen LogP) is 3.85. The first kappa shape index (κ1) is 20.1. The molecule has 0 N–H and O–H groups in total. The molecule has 1 aliphatic heterocycles. The third kappa shape index (κ3) is 5.66. The van der Waals surface area contributed by atoms with Crippen LogP contribution in [-0.4, -0.2) is 53.1 Å². The Morgan fingerprint density at radius 1 is 1.15 bits per heavy atom. The van der Waals surface area contributed by atoms with E-state index in [2.05, 4.69) is 9.89 Å². The molecule has 1 aliphatic rings. The Kier molecular flexibility index (Phi) is 7.90. The smallest absolute Gasteiger partial charge is 0.262 e. The maximum Gasteiger partial charge on any atom is 0.262 e. The number of piperidine rings is 1. The van der Waals surface area contributed by atoms with Gasteiger partial charge < -0.3 is 9.89 Å². The van der Waals surface area contributed by atoms with Crippen molar-refractivity contribution in [3.05, 3.63) is 34.6 Å². The molecule has 5 nitrogen and oxygen atoms in total. The van der Waals surface area contributed by atoms with Crippen molar-refractivity contribution in [2.75, 3.05) is 32.4 Å². The number of likely N-dealkylation sites (tertiary alicyclic amines) is 1. The molecular weight excluding hydrogens is 356 g/mol. The molecule has 1 saturated heterocycles. The number of hydrogen-bond donors (Lipinski definition) is 0. The molecule has 0 saturated carbocycles. The number of hydrogen-bond acceptors (Lipinski definition) is 5. The molecule has 6 heteroatoms. The highest BCUT2D eigenvalue weighted by Crippen LogP contribution is 2.20. The zero-order valence-electron chi connectivity index (χ0n) is 16.3. The summed E-state index contributed by atoms with van der Waals surface area (Å²) in [6.45, 7) is 3.95. The molecule has 3 rings (SSSR count). The summed E-state index contributed by atoms with van der Waals surface area (Å²) in [5, 5.41) is 1.58. The third-order valence-corrected chi connectivity index (χ3v) is 6.12. The van der Waals surface area contributed by atoms with Crippen molar-refractivity contribution in [3.8, 4) is 0 Å². The SMILES string of the molecule is C/N=C/CCCCSc1nc2ccccc2c(=O)n1CCN1CCCCC1. The van der Waals surface area contributed by atoms with Crippen molar-refractivity contribution < 1.29 is 0 Å². The second-order valence-electron chi connectivity index (χ2n) is 7.06.